The monoisotopic (exact) mass is 139 g/mol. The molecule has 1 heteroatoms. The van der Waals surface area contributed by atoms with Gasteiger partial charge in [0.2, 0.25) is 0 Å². The molecule has 3 unspecified atom stereocenters. The summed E-state index contributed by atoms with van der Waals surface area (Å²) in [6.45, 7) is 2.30. The van der Waals surface area contributed by atoms with Crippen LogP contribution >= 0.6 is 0 Å². The minimum atomic E-state index is 0.573. The average molecular weight is 139 g/mol. The number of hydrogen-bond donors (Lipinski definition) is 1. The summed E-state index contributed by atoms with van der Waals surface area (Å²) in [6.07, 6.45) is 7.00. The van der Waals surface area contributed by atoms with Gasteiger partial charge in [-0.3, -0.25) is 0 Å². The van der Waals surface area contributed by atoms with Crippen LogP contribution in [0.3, 0.4) is 0 Å². The first-order valence-corrected chi connectivity index (χ1v) is 4.52. The maximum atomic E-state index is 5.88. The van der Waals surface area contributed by atoms with Crippen LogP contribution < -0.4 is 5.73 Å². The van der Waals surface area contributed by atoms with Crippen LogP contribution in [0, 0.1) is 11.3 Å². The van der Waals surface area contributed by atoms with Crippen LogP contribution in [0.25, 0.3) is 0 Å². The molecule has 0 aromatic heterocycles. The van der Waals surface area contributed by atoms with Gasteiger partial charge in [0.05, 0.1) is 0 Å². The highest BCUT2D eigenvalue weighted by molar-refractivity contribution is 5.09. The zero-order valence-corrected chi connectivity index (χ0v) is 6.77. The lowest BCUT2D eigenvalue weighted by Crippen LogP contribution is -2.10. The molecule has 0 aromatic carbocycles. The topological polar surface area (TPSA) is 26.0 Å². The van der Waals surface area contributed by atoms with Crippen LogP contribution in [0.4, 0.5) is 0 Å². The van der Waals surface area contributed by atoms with Gasteiger partial charge in [0.25, 0.3) is 0 Å². The zero-order valence-electron chi connectivity index (χ0n) is 6.77. The van der Waals surface area contributed by atoms with E-state index in [4.69, 9.17) is 5.73 Å². The van der Waals surface area contributed by atoms with E-state index in [1.54, 1.807) is 0 Å². The fourth-order valence-corrected chi connectivity index (χ4v) is 2.52. The van der Waals surface area contributed by atoms with E-state index in [9.17, 15) is 0 Å². The fraction of sp³-hybridized carbons (Fsp3) is 1.00. The molecule has 2 aliphatic carbocycles. The van der Waals surface area contributed by atoms with Crippen LogP contribution in [0.1, 0.15) is 39.0 Å². The Morgan fingerprint density at radius 1 is 1.50 bits per heavy atom. The lowest BCUT2D eigenvalue weighted by Gasteiger charge is -2.06. The quantitative estimate of drug-likeness (QED) is 0.590. The van der Waals surface area contributed by atoms with Crippen molar-refractivity contribution in [3.8, 4) is 0 Å². The second kappa shape index (κ2) is 1.97. The minimum absolute atomic E-state index is 0.573. The lowest BCUT2D eigenvalue weighted by atomic mass is 10.0. The van der Waals surface area contributed by atoms with Crippen molar-refractivity contribution in [2.75, 3.05) is 0 Å². The van der Waals surface area contributed by atoms with Crippen LogP contribution in [-0.4, -0.2) is 6.04 Å². The molecule has 0 saturated heterocycles. The molecule has 2 aliphatic rings. The first kappa shape index (κ1) is 6.66. The summed E-state index contributed by atoms with van der Waals surface area (Å²) in [5.41, 5.74) is 6.53. The van der Waals surface area contributed by atoms with Gasteiger partial charge in [-0.1, -0.05) is 13.3 Å². The third-order valence-corrected chi connectivity index (χ3v) is 3.58. The summed E-state index contributed by atoms with van der Waals surface area (Å²) >= 11 is 0. The van der Waals surface area contributed by atoms with Gasteiger partial charge in [-0.2, -0.15) is 0 Å². The van der Waals surface area contributed by atoms with E-state index in [-0.39, 0.29) is 0 Å². The van der Waals surface area contributed by atoms with E-state index in [2.05, 4.69) is 6.92 Å². The summed E-state index contributed by atoms with van der Waals surface area (Å²) in [7, 11) is 0. The Labute approximate surface area is 63.0 Å². The molecule has 2 saturated carbocycles. The Kier molecular flexibility index (Phi) is 1.31. The molecule has 0 aliphatic heterocycles. The Balaban J connectivity index is 1.95. The summed E-state index contributed by atoms with van der Waals surface area (Å²) < 4.78 is 0. The lowest BCUT2D eigenvalue weighted by molar-refractivity contribution is 0.456. The molecular formula is C9H17N. The molecule has 0 bridgehead atoms. The van der Waals surface area contributed by atoms with Crippen molar-refractivity contribution >= 4 is 0 Å². The van der Waals surface area contributed by atoms with Gasteiger partial charge < -0.3 is 5.73 Å². The average Bonchev–Trinajstić information content (AvgIpc) is 2.43. The molecule has 0 heterocycles. The van der Waals surface area contributed by atoms with Crippen LogP contribution in [0.2, 0.25) is 0 Å². The van der Waals surface area contributed by atoms with Gasteiger partial charge in [-0.15, -0.1) is 0 Å². The number of rotatable bonds is 1. The molecule has 3 atom stereocenters. The summed E-state index contributed by atoms with van der Waals surface area (Å²) in [6, 6.07) is 0.573. The summed E-state index contributed by atoms with van der Waals surface area (Å²) in [4.78, 5) is 0. The molecule has 0 aromatic rings. The predicted octanol–water partition coefficient (Wildman–Crippen LogP) is 1.91. The van der Waals surface area contributed by atoms with Crippen LogP contribution in [0.5, 0.6) is 0 Å². The van der Waals surface area contributed by atoms with Crippen molar-refractivity contribution in [3.05, 3.63) is 0 Å². The molecular weight excluding hydrogens is 122 g/mol. The van der Waals surface area contributed by atoms with Gasteiger partial charge in [0, 0.05) is 6.04 Å². The van der Waals surface area contributed by atoms with Gasteiger partial charge in [-0.25, -0.2) is 0 Å². The SMILES string of the molecule is CCC1CCC2(C1)CC2N. The normalized spacial score (nSPS) is 52.2. The molecule has 1 spiro atoms. The maximum absolute atomic E-state index is 5.88. The van der Waals surface area contributed by atoms with E-state index in [0.29, 0.717) is 11.5 Å². The third kappa shape index (κ3) is 0.800. The van der Waals surface area contributed by atoms with E-state index in [0.717, 1.165) is 5.92 Å². The molecule has 2 fully saturated rings. The molecule has 2 N–H and O–H groups in total. The Morgan fingerprint density at radius 2 is 2.20 bits per heavy atom. The maximum Gasteiger partial charge on any atom is 0.0102 e. The first-order valence-electron chi connectivity index (χ1n) is 4.52. The van der Waals surface area contributed by atoms with E-state index < -0.39 is 0 Å². The van der Waals surface area contributed by atoms with Crippen molar-refractivity contribution in [2.45, 2.75) is 45.1 Å². The second-order valence-electron chi connectivity index (χ2n) is 4.19. The van der Waals surface area contributed by atoms with Gasteiger partial charge in [0.1, 0.15) is 0 Å². The molecule has 1 nitrogen and oxygen atoms in total. The fourth-order valence-electron chi connectivity index (χ4n) is 2.52. The van der Waals surface area contributed by atoms with Gasteiger partial charge in [0.15, 0.2) is 0 Å². The van der Waals surface area contributed by atoms with Gasteiger partial charge in [-0.05, 0) is 37.0 Å². The molecule has 0 amide bonds. The standard InChI is InChI=1S/C9H17N/c1-2-7-3-4-9(5-7)6-8(9)10/h7-8H,2-6,10H2,1H3. The predicted molar refractivity (Wildman–Crippen MR) is 42.7 cm³/mol. The van der Waals surface area contributed by atoms with Crippen LogP contribution in [0.15, 0.2) is 0 Å². The van der Waals surface area contributed by atoms with Crippen molar-refractivity contribution in [1.82, 2.24) is 0 Å². The van der Waals surface area contributed by atoms with Crippen LogP contribution in [-0.2, 0) is 0 Å². The molecule has 10 heavy (non-hydrogen) atoms. The Bertz CT molecular complexity index is 144. The Hall–Kier alpha value is -0.0400. The third-order valence-electron chi connectivity index (χ3n) is 3.58. The van der Waals surface area contributed by atoms with Crippen molar-refractivity contribution in [3.63, 3.8) is 0 Å². The van der Waals surface area contributed by atoms with Crippen molar-refractivity contribution in [1.29, 1.82) is 0 Å². The molecule has 58 valence electrons. The first-order chi connectivity index (χ1) is 4.77. The minimum Gasteiger partial charge on any atom is -0.327 e. The Morgan fingerprint density at radius 3 is 2.50 bits per heavy atom. The smallest absolute Gasteiger partial charge is 0.0102 e. The summed E-state index contributed by atoms with van der Waals surface area (Å²) in [5, 5.41) is 0. The summed E-state index contributed by atoms with van der Waals surface area (Å²) in [5.74, 6) is 1.01. The number of hydrogen-bond acceptors (Lipinski definition) is 1. The highest BCUT2D eigenvalue weighted by Crippen LogP contribution is 2.59. The molecule has 2 rings (SSSR count). The van der Waals surface area contributed by atoms with E-state index in [1.165, 1.54) is 32.1 Å². The van der Waals surface area contributed by atoms with Crippen molar-refractivity contribution < 1.29 is 0 Å². The number of nitrogens with two attached hydrogens (primary N) is 1. The largest absolute Gasteiger partial charge is 0.327 e. The zero-order chi connectivity index (χ0) is 7.19. The van der Waals surface area contributed by atoms with Crippen molar-refractivity contribution in [2.24, 2.45) is 17.1 Å². The van der Waals surface area contributed by atoms with E-state index in [1.807, 2.05) is 0 Å². The van der Waals surface area contributed by atoms with E-state index >= 15 is 0 Å². The highest BCUT2D eigenvalue weighted by atomic mass is 14.8. The van der Waals surface area contributed by atoms with Gasteiger partial charge >= 0.3 is 0 Å². The molecule has 0 radical (unpaired) electrons. The highest BCUT2D eigenvalue weighted by Gasteiger charge is 2.54. The second-order valence-corrected chi connectivity index (χ2v) is 4.19.